The molecule has 4 nitrogen and oxygen atoms in total. The molecule has 3 aromatic carbocycles. The summed E-state index contributed by atoms with van der Waals surface area (Å²) >= 11 is 0. The zero-order chi connectivity index (χ0) is 19.5. The summed E-state index contributed by atoms with van der Waals surface area (Å²) < 4.78 is 5.87. The maximum atomic E-state index is 12.4. The number of amides is 1. The number of fused-ring (bicyclic) bond motifs is 1. The van der Waals surface area contributed by atoms with Crippen LogP contribution >= 0.6 is 0 Å². The number of carbonyl (C=O) groups excluding carboxylic acids is 1. The fraction of sp³-hybridized carbons (Fsp3) is 0.167. The summed E-state index contributed by atoms with van der Waals surface area (Å²) in [6.07, 6.45) is 1.92. The van der Waals surface area contributed by atoms with Gasteiger partial charge in [-0.25, -0.2) is 4.98 Å². The molecule has 0 aliphatic carbocycles. The molecule has 140 valence electrons. The van der Waals surface area contributed by atoms with Crippen molar-refractivity contribution in [1.82, 2.24) is 4.98 Å². The first-order valence-corrected chi connectivity index (χ1v) is 9.56. The predicted octanol–water partition coefficient (Wildman–Crippen LogP) is 5.87. The Hall–Kier alpha value is -3.40. The fourth-order valence-electron chi connectivity index (χ4n) is 3.11. The van der Waals surface area contributed by atoms with Crippen LogP contribution in [0.2, 0.25) is 0 Å². The van der Waals surface area contributed by atoms with Crippen LogP contribution in [0.4, 0.5) is 5.69 Å². The van der Waals surface area contributed by atoms with E-state index in [1.807, 2.05) is 54.6 Å². The summed E-state index contributed by atoms with van der Waals surface area (Å²) in [5, 5.41) is 2.93. The lowest BCUT2D eigenvalue weighted by molar-refractivity contribution is 0.102. The molecule has 4 heteroatoms. The Morgan fingerprint density at radius 1 is 0.893 bits per heavy atom. The molecule has 0 fully saturated rings. The van der Waals surface area contributed by atoms with E-state index in [0.29, 0.717) is 11.5 Å². The van der Waals surface area contributed by atoms with Crippen molar-refractivity contribution in [2.45, 2.75) is 26.7 Å². The average molecular weight is 370 g/mol. The van der Waals surface area contributed by atoms with Crippen LogP contribution in [0.5, 0.6) is 0 Å². The van der Waals surface area contributed by atoms with Gasteiger partial charge < -0.3 is 9.73 Å². The maximum absolute atomic E-state index is 12.4. The molecule has 0 radical (unpaired) electrons. The zero-order valence-corrected chi connectivity index (χ0v) is 16.0. The van der Waals surface area contributed by atoms with E-state index in [-0.39, 0.29) is 5.91 Å². The van der Waals surface area contributed by atoms with E-state index in [0.717, 1.165) is 35.2 Å². The number of nitrogens with zero attached hydrogens (tertiary/aromatic N) is 1. The van der Waals surface area contributed by atoms with Crippen molar-refractivity contribution in [3.63, 3.8) is 0 Å². The van der Waals surface area contributed by atoms with Crippen LogP contribution in [0.25, 0.3) is 22.6 Å². The SMILES string of the molecule is CCc1ccc(C(=O)Nc2ccc(-c3nc4cc(CC)ccc4o3)cc2)cc1. The van der Waals surface area contributed by atoms with Gasteiger partial charge in [0.25, 0.3) is 5.91 Å². The number of carbonyl (C=O) groups is 1. The Bertz CT molecular complexity index is 1110. The van der Waals surface area contributed by atoms with E-state index in [9.17, 15) is 4.79 Å². The van der Waals surface area contributed by atoms with Crippen molar-refractivity contribution >= 4 is 22.7 Å². The summed E-state index contributed by atoms with van der Waals surface area (Å²) in [6, 6.07) is 21.3. The van der Waals surface area contributed by atoms with E-state index < -0.39 is 0 Å². The Labute approximate surface area is 164 Å². The molecule has 0 atom stereocenters. The van der Waals surface area contributed by atoms with Gasteiger partial charge in [0.15, 0.2) is 5.58 Å². The van der Waals surface area contributed by atoms with E-state index in [4.69, 9.17) is 4.42 Å². The molecular weight excluding hydrogens is 348 g/mol. The van der Waals surface area contributed by atoms with Crippen LogP contribution in [0.3, 0.4) is 0 Å². The second kappa shape index (κ2) is 7.69. The quantitative estimate of drug-likeness (QED) is 0.478. The Morgan fingerprint density at radius 2 is 1.57 bits per heavy atom. The van der Waals surface area contributed by atoms with Crippen LogP contribution < -0.4 is 5.32 Å². The number of aromatic nitrogens is 1. The van der Waals surface area contributed by atoms with Gasteiger partial charge in [-0.05, 0) is 72.5 Å². The number of anilines is 1. The van der Waals surface area contributed by atoms with Gasteiger partial charge in [-0.15, -0.1) is 0 Å². The zero-order valence-electron chi connectivity index (χ0n) is 16.0. The second-order valence-corrected chi connectivity index (χ2v) is 6.76. The molecule has 0 aliphatic heterocycles. The van der Waals surface area contributed by atoms with Gasteiger partial charge in [0.1, 0.15) is 5.52 Å². The Kier molecular flexibility index (Phi) is 4.94. The first-order valence-electron chi connectivity index (χ1n) is 9.56. The molecular formula is C24H22N2O2. The summed E-state index contributed by atoms with van der Waals surface area (Å²) in [7, 11) is 0. The highest BCUT2D eigenvalue weighted by Gasteiger charge is 2.10. The monoisotopic (exact) mass is 370 g/mol. The van der Waals surface area contributed by atoms with Gasteiger partial charge in [0, 0.05) is 16.8 Å². The molecule has 0 saturated heterocycles. The standard InChI is InChI=1S/C24H22N2O2/c1-3-16-5-8-18(9-6-16)23(27)25-20-12-10-19(11-13-20)24-26-21-15-17(4-2)7-14-22(21)28-24/h5-15H,3-4H2,1-2H3,(H,25,27). The smallest absolute Gasteiger partial charge is 0.255 e. The third-order valence-electron chi connectivity index (χ3n) is 4.87. The fourth-order valence-corrected chi connectivity index (χ4v) is 3.11. The minimum Gasteiger partial charge on any atom is -0.436 e. The summed E-state index contributed by atoms with van der Waals surface area (Å²) in [5.74, 6) is 0.459. The lowest BCUT2D eigenvalue weighted by Crippen LogP contribution is -2.11. The first kappa shape index (κ1) is 18.0. The third-order valence-corrected chi connectivity index (χ3v) is 4.87. The summed E-state index contributed by atoms with van der Waals surface area (Å²) in [4.78, 5) is 17.0. The van der Waals surface area contributed by atoms with Gasteiger partial charge >= 0.3 is 0 Å². The molecule has 0 unspecified atom stereocenters. The van der Waals surface area contributed by atoms with Crippen LogP contribution in [-0.2, 0) is 12.8 Å². The van der Waals surface area contributed by atoms with Crippen molar-refractivity contribution in [2.75, 3.05) is 5.32 Å². The largest absolute Gasteiger partial charge is 0.436 e. The van der Waals surface area contributed by atoms with E-state index in [1.165, 1.54) is 11.1 Å². The topological polar surface area (TPSA) is 55.1 Å². The number of hydrogen-bond donors (Lipinski definition) is 1. The Balaban J connectivity index is 1.51. The maximum Gasteiger partial charge on any atom is 0.255 e. The van der Waals surface area contributed by atoms with Crippen LogP contribution in [0.1, 0.15) is 35.3 Å². The molecule has 1 heterocycles. The highest BCUT2D eigenvalue weighted by molar-refractivity contribution is 6.04. The number of nitrogens with one attached hydrogen (secondary N) is 1. The van der Waals surface area contributed by atoms with E-state index in [1.54, 1.807) is 0 Å². The molecule has 0 saturated carbocycles. The van der Waals surface area contributed by atoms with Crippen LogP contribution in [-0.4, -0.2) is 10.9 Å². The van der Waals surface area contributed by atoms with E-state index in [2.05, 4.69) is 36.3 Å². The minimum absolute atomic E-state index is 0.121. The average Bonchev–Trinajstić information content (AvgIpc) is 3.17. The molecule has 4 aromatic rings. The first-order chi connectivity index (χ1) is 13.7. The van der Waals surface area contributed by atoms with Crippen molar-refractivity contribution in [2.24, 2.45) is 0 Å². The Morgan fingerprint density at radius 3 is 2.25 bits per heavy atom. The number of aryl methyl sites for hydroxylation is 2. The molecule has 28 heavy (non-hydrogen) atoms. The second-order valence-electron chi connectivity index (χ2n) is 6.76. The summed E-state index contributed by atoms with van der Waals surface area (Å²) in [5.41, 5.74) is 6.34. The molecule has 0 bridgehead atoms. The van der Waals surface area contributed by atoms with Gasteiger partial charge in [-0.1, -0.05) is 32.0 Å². The molecule has 4 rings (SSSR count). The van der Waals surface area contributed by atoms with Crippen molar-refractivity contribution < 1.29 is 9.21 Å². The highest BCUT2D eigenvalue weighted by atomic mass is 16.3. The van der Waals surface area contributed by atoms with Crippen LogP contribution in [0.15, 0.2) is 71.1 Å². The third kappa shape index (κ3) is 3.67. The van der Waals surface area contributed by atoms with E-state index >= 15 is 0 Å². The van der Waals surface area contributed by atoms with Gasteiger partial charge in [0.2, 0.25) is 5.89 Å². The van der Waals surface area contributed by atoms with Gasteiger partial charge in [-0.2, -0.15) is 0 Å². The van der Waals surface area contributed by atoms with Crippen molar-refractivity contribution in [1.29, 1.82) is 0 Å². The normalized spacial score (nSPS) is 10.9. The lowest BCUT2D eigenvalue weighted by Gasteiger charge is -2.06. The molecule has 0 aliphatic rings. The number of oxazole rings is 1. The van der Waals surface area contributed by atoms with Gasteiger partial charge in [0.05, 0.1) is 0 Å². The van der Waals surface area contributed by atoms with Crippen molar-refractivity contribution in [3.8, 4) is 11.5 Å². The molecule has 1 amide bonds. The van der Waals surface area contributed by atoms with Crippen LogP contribution in [0, 0.1) is 0 Å². The highest BCUT2D eigenvalue weighted by Crippen LogP contribution is 2.26. The molecule has 1 N–H and O–H groups in total. The minimum atomic E-state index is -0.121. The lowest BCUT2D eigenvalue weighted by atomic mass is 10.1. The van der Waals surface area contributed by atoms with Crippen molar-refractivity contribution in [3.05, 3.63) is 83.4 Å². The van der Waals surface area contributed by atoms with Gasteiger partial charge in [-0.3, -0.25) is 4.79 Å². The predicted molar refractivity (Wildman–Crippen MR) is 113 cm³/mol. The summed E-state index contributed by atoms with van der Waals surface area (Å²) in [6.45, 7) is 4.21. The molecule has 0 spiro atoms. The molecule has 1 aromatic heterocycles. The number of rotatable bonds is 5. The number of hydrogen-bond acceptors (Lipinski definition) is 3. The number of benzene rings is 3.